The second-order valence-corrected chi connectivity index (χ2v) is 7.24. The molecule has 0 saturated carbocycles. The average molecular weight is 385 g/mol. The van der Waals surface area contributed by atoms with Gasteiger partial charge in [-0.15, -0.1) is 0 Å². The Balaban J connectivity index is 1.44. The molecule has 0 amide bonds. The van der Waals surface area contributed by atoms with Crippen LogP contribution < -0.4 is 0 Å². The number of carbonyl (C=O) groups excluding carboxylic acids is 1. The molecule has 1 aliphatic heterocycles. The molecule has 0 bridgehead atoms. The van der Waals surface area contributed by atoms with E-state index in [1.54, 1.807) is 24.0 Å². The van der Waals surface area contributed by atoms with Crippen LogP contribution in [0.25, 0.3) is 11.0 Å². The van der Waals surface area contributed by atoms with Gasteiger partial charge in [-0.25, -0.2) is 9.78 Å². The molecular formula is C20H21ClN4O2. The molecule has 0 atom stereocenters. The maximum Gasteiger partial charge on any atom is 0.338 e. The number of rotatable bonds is 5. The third kappa shape index (κ3) is 3.96. The molecule has 140 valence electrons. The van der Waals surface area contributed by atoms with Crippen molar-refractivity contribution in [3.8, 4) is 0 Å². The number of halogens is 1. The molecule has 0 N–H and O–H groups in total. The number of hydrogen-bond donors (Lipinski definition) is 0. The molecule has 1 saturated heterocycles. The zero-order valence-electron chi connectivity index (χ0n) is 15.2. The number of aryl methyl sites for hydroxylation is 1. The lowest BCUT2D eigenvalue weighted by Gasteiger charge is -2.15. The first-order valence-corrected chi connectivity index (χ1v) is 9.43. The normalized spacial score (nSPS) is 14.7. The van der Waals surface area contributed by atoms with Crippen LogP contribution in [0.3, 0.4) is 0 Å². The van der Waals surface area contributed by atoms with Crippen molar-refractivity contribution >= 4 is 28.6 Å². The molecule has 0 spiro atoms. The van der Waals surface area contributed by atoms with Crippen LogP contribution in [0.1, 0.15) is 34.3 Å². The number of likely N-dealkylation sites (tertiary alicyclic amines) is 1. The molecule has 0 radical (unpaired) electrons. The molecule has 3 heterocycles. The maximum atomic E-state index is 12.5. The van der Waals surface area contributed by atoms with Crippen molar-refractivity contribution in [2.75, 3.05) is 13.1 Å². The topological polar surface area (TPSA) is 60.3 Å². The van der Waals surface area contributed by atoms with Crippen LogP contribution in [0.5, 0.6) is 0 Å². The van der Waals surface area contributed by atoms with Gasteiger partial charge >= 0.3 is 5.97 Å². The van der Waals surface area contributed by atoms with Gasteiger partial charge in [0.2, 0.25) is 0 Å². The first kappa shape index (κ1) is 17.9. The summed E-state index contributed by atoms with van der Waals surface area (Å²) in [7, 11) is 1.81. The Labute approximate surface area is 162 Å². The highest BCUT2D eigenvalue weighted by atomic mass is 35.5. The third-order valence-electron chi connectivity index (χ3n) is 4.86. The third-order valence-corrected chi connectivity index (χ3v) is 5.19. The van der Waals surface area contributed by atoms with Gasteiger partial charge in [0.15, 0.2) is 5.65 Å². The second kappa shape index (κ2) is 7.66. The molecule has 1 aliphatic rings. The van der Waals surface area contributed by atoms with E-state index in [0.717, 1.165) is 30.6 Å². The minimum Gasteiger partial charge on any atom is -0.457 e. The summed E-state index contributed by atoms with van der Waals surface area (Å²) in [5.74, 6) is -0.361. The number of ether oxygens (including phenoxy) is 1. The van der Waals surface area contributed by atoms with Gasteiger partial charge in [0.1, 0.15) is 11.8 Å². The monoisotopic (exact) mass is 384 g/mol. The highest BCUT2D eigenvalue weighted by Crippen LogP contribution is 2.21. The number of pyridine rings is 1. The summed E-state index contributed by atoms with van der Waals surface area (Å²) in [4.78, 5) is 19.2. The van der Waals surface area contributed by atoms with Gasteiger partial charge in [-0.05, 0) is 49.7 Å². The SMILES string of the molecule is Cn1ncc2cc(COC(=O)c3cccc(CN4CCCC4)c3)c(Cl)nc21. The van der Waals surface area contributed by atoms with Crippen molar-refractivity contribution in [3.63, 3.8) is 0 Å². The molecule has 4 rings (SSSR count). The van der Waals surface area contributed by atoms with Gasteiger partial charge in [-0.2, -0.15) is 5.10 Å². The molecule has 0 aliphatic carbocycles. The van der Waals surface area contributed by atoms with E-state index in [0.29, 0.717) is 21.9 Å². The summed E-state index contributed by atoms with van der Waals surface area (Å²) in [5.41, 5.74) is 3.05. The molecule has 7 heteroatoms. The Bertz CT molecular complexity index is 979. The second-order valence-electron chi connectivity index (χ2n) is 6.88. The van der Waals surface area contributed by atoms with Crippen molar-refractivity contribution in [2.45, 2.75) is 26.0 Å². The van der Waals surface area contributed by atoms with Crippen LogP contribution >= 0.6 is 11.6 Å². The summed E-state index contributed by atoms with van der Waals surface area (Å²) in [5, 5.41) is 5.34. The van der Waals surface area contributed by atoms with E-state index >= 15 is 0 Å². The largest absolute Gasteiger partial charge is 0.457 e. The minimum absolute atomic E-state index is 0.0753. The molecule has 1 fully saturated rings. The standard InChI is InChI=1S/C20H21ClN4O2/c1-24-19-16(11-22-24)10-17(18(21)23-19)13-27-20(26)15-6-4-5-14(9-15)12-25-7-2-3-8-25/h4-6,9-11H,2-3,7-8,12-13H2,1H3. The molecule has 27 heavy (non-hydrogen) atoms. The lowest BCUT2D eigenvalue weighted by Crippen LogP contribution is -2.18. The van der Waals surface area contributed by atoms with E-state index in [1.165, 1.54) is 12.8 Å². The van der Waals surface area contributed by atoms with Crippen molar-refractivity contribution in [1.29, 1.82) is 0 Å². The van der Waals surface area contributed by atoms with Crippen LogP contribution in [0.4, 0.5) is 0 Å². The lowest BCUT2D eigenvalue weighted by atomic mass is 10.1. The van der Waals surface area contributed by atoms with Crippen LogP contribution in [-0.4, -0.2) is 38.7 Å². The number of carbonyl (C=O) groups is 1. The highest BCUT2D eigenvalue weighted by Gasteiger charge is 2.15. The van der Waals surface area contributed by atoms with E-state index in [2.05, 4.69) is 15.0 Å². The Kier molecular flexibility index (Phi) is 5.09. The number of nitrogens with zero attached hydrogens (tertiary/aromatic N) is 4. The first-order valence-electron chi connectivity index (χ1n) is 9.06. The van der Waals surface area contributed by atoms with Gasteiger partial charge in [0.25, 0.3) is 0 Å². The number of hydrogen-bond acceptors (Lipinski definition) is 5. The van der Waals surface area contributed by atoms with Crippen LogP contribution in [0.2, 0.25) is 5.15 Å². The Morgan fingerprint density at radius 1 is 1.26 bits per heavy atom. The van der Waals surface area contributed by atoms with Gasteiger partial charge in [0.05, 0.1) is 11.8 Å². The van der Waals surface area contributed by atoms with E-state index < -0.39 is 0 Å². The Hall–Kier alpha value is -2.44. The summed E-state index contributed by atoms with van der Waals surface area (Å²) in [6, 6.07) is 9.49. The molecular weight excluding hydrogens is 364 g/mol. The fraction of sp³-hybridized carbons (Fsp3) is 0.350. The fourth-order valence-electron chi connectivity index (χ4n) is 3.42. The zero-order valence-corrected chi connectivity index (χ0v) is 15.9. The van der Waals surface area contributed by atoms with E-state index in [9.17, 15) is 4.79 Å². The van der Waals surface area contributed by atoms with E-state index in [1.807, 2.05) is 24.3 Å². The summed E-state index contributed by atoms with van der Waals surface area (Å²) in [6.45, 7) is 3.19. The van der Waals surface area contributed by atoms with Crippen molar-refractivity contribution in [2.24, 2.45) is 7.05 Å². The summed E-state index contributed by atoms with van der Waals surface area (Å²) >= 11 is 6.23. The van der Waals surface area contributed by atoms with E-state index in [4.69, 9.17) is 16.3 Å². The maximum absolute atomic E-state index is 12.5. The van der Waals surface area contributed by atoms with Gasteiger partial charge in [-0.1, -0.05) is 23.7 Å². The van der Waals surface area contributed by atoms with Gasteiger partial charge < -0.3 is 4.74 Å². The Morgan fingerprint density at radius 2 is 2.07 bits per heavy atom. The zero-order chi connectivity index (χ0) is 18.8. The van der Waals surface area contributed by atoms with Gasteiger partial charge in [-0.3, -0.25) is 9.58 Å². The fourth-order valence-corrected chi connectivity index (χ4v) is 3.61. The van der Waals surface area contributed by atoms with E-state index in [-0.39, 0.29) is 12.6 Å². The predicted molar refractivity (Wildman–Crippen MR) is 104 cm³/mol. The van der Waals surface area contributed by atoms with Crippen LogP contribution in [0.15, 0.2) is 36.5 Å². The smallest absolute Gasteiger partial charge is 0.338 e. The Morgan fingerprint density at radius 3 is 2.89 bits per heavy atom. The highest BCUT2D eigenvalue weighted by molar-refractivity contribution is 6.30. The predicted octanol–water partition coefficient (Wildman–Crippen LogP) is 3.57. The molecule has 0 unspecified atom stereocenters. The first-order chi connectivity index (χ1) is 13.1. The van der Waals surface area contributed by atoms with Crippen LogP contribution in [0, 0.1) is 0 Å². The van der Waals surface area contributed by atoms with Crippen LogP contribution in [-0.2, 0) is 24.9 Å². The minimum atomic E-state index is -0.361. The molecule has 3 aromatic rings. The summed E-state index contributed by atoms with van der Waals surface area (Å²) in [6.07, 6.45) is 4.21. The quantitative estimate of drug-likeness (QED) is 0.497. The van der Waals surface area contributed by atoms with Crippen molar-refractivity contribution in [3.05, 3.63) is 58.4 Å². The number of esters is 1. The number of benzene rings is 1. The number of aromatic nitrogens is 3. The average Bonchev–Trinajstić information content (AvgIpc) is 3.30. The molecule has 6 nitrogen and oxygen atoms in total. The van der Waals surface area contributed by atoms with Gasteiger partial charge in [0, 0.05) is 24.5 Å². The lowest BCUT2D eigenvalue weighted by molar-refractivity contribution is 0.0472. The molecule has 2 aromatic heterocycles. The summed E-state index contributed by atoms with van der Waals surface area (Å²) < 4.78 is 7.13. The van der Waals surface area contributed by atoms with Crippen molar-refractivity contribution in [1.82, 2.24) is 19.7 Å². The molecule has 1 aromatic carbocycles. The van der Waals surface area contributed by atoms with Crippen molar-refractivity contribution < 1.29 is 9.53 Å². The number of fused-ring (bicyclic) bond motifs is 1.